The zero-order valence-electron chi connectivity index (χ0n) is 8.73. The van der Waals surface area contributed by atoms with Gasteiger partial charge in [-0.05, 0) is 12.1 Å². The molecule has 1 heterocycles. The average molecular weight is 298 g/mol. The molecule has 0 amide bonds. The monoisotopic (exact) mass is 297 g/mol. The number of aromatic nitrogens is 1. The van der Waals surface area contributed by atoms with Crippen molar-refractivity contribution in [2.24, 2.45) is 0 Å². The fraction of sp³-hybridized carbons (Fsp3) is 0.250. The molecule has 0 spiro atoms. The molecule has 0 radical (unpaired) electrons. The van der Waals surface area contributed by atoms with E-state index >= 15 is 0 Å². The quantitative estimate of drug-likeness (QED) is 0.786. The highest BCUT2D eigenvalue weighted by Crippen LogP contribution is 2.16. The minimum atomic E-state index is 0.680. The van der Waals surface area contributed by atoms with E-state index in [-0.39, 0.29) is 0 Å². The number of hydrogen-bond donors (Lipinski definition) is 0. The molecule has 4 heteroatoms. The van der Waals surface area contributed by atoms with E-state index in [1.165, 1.54) is 4.88 Å². The normalized spacial score (nSPS) is 10.3. The number of rotatable bonds is 5. The van der Waals surface area contributed by atoms with Crippen LogP contribution in [0.5, 0.6) is 5.75 Å². The Kier molecular flexibility index (Phi) is 4.36. The van der Waals surface area contributed by atoms with Crippen LogP contribution in [0.1, 0.15) is 9.88 Å². The minimum absolute atomic E-state index is 0.680. The molecule has 0 saturated carbocycles. The summed E-state index contributed by atoms with van der Waals surface area (Å²) in [4.78, 5) is 5.59. The van der Waals surface area contributed by atoms with E-state index in [0.717, 1.165) is 22.5 Å². The van der Waals surface area contributed by atoms with E-state index in [2.05, 4.69) is 20.9 Å². The summed E-state index contributed by atoms with van der Waals surface area (Å²) < 4.78 is 5.61. The highest BCUT2D eigenvalue weighted by Gasteiger charge is 2.01. The summed E-state index contributed by atoms with van der Waals surface area (Å²) in [5.74, 6) is 0.916. The van der Waals surface area contributed by atoms with Gasteiger partial charge >= 0.3 is 0 Å². The number of halogens is 1. The van der Waals surface area contributed by atoms with Gasteiger partial charge in [0, 0.05) is 22.8 Å². The number of para-hydroxylation sites is 1. The topological polar surface area (TPSA) is 22.1 Å². The number of nitrogens with zero attached hydrogens (tertiary/aromatic N) is 1. The van der Waals surface area contributed by atoms with Crippen molar-refractivity contribution in [3.05, 3.63) is 46.4 Å². The molecule has 1 aromatic carbocycles. The Morgan fingerprint density at radius 3 is 2.75 bits per heavy atom. The maximum absolute atomic E-state index is 5.61. The van der Waals surface area contributed by atoms with Crippen molar-refractivity contribution < 1.29 is 4.74 Å². The van der Waals surface area contributed by atoms with Gasteiger partial charge in [-0.2, -0.15) is 0 Å². The molecular formula is C12H12BrNOS. The average Bonchev–Trinajstić information content (AvgIpc) is 2.78. The minimum Gasteiger partial charge on any atom is -0.493 e. The predicted octanol–water partition coefficient (Wildman–Crippen LogP) is 3.66. The summed E-state index contributed by atoms with van der Waals surface area (Å²) in [5.41, 5.74) is 0. The summed E-state index contributed by atoms with van der Waals surface area (Å²) in [5, 5.41) is 2.01. The second kappa shape index (κ2) is 6.01. The molecule has 0 fully saturated rings. The molecule has 84 valence electrons. The maximum atomic E-state index is 5.61. The van der Waals surface area contributed by atoms with Gasteiger partial charge in [-0.1, -0.05) is 34.1 Å². The van der Waals surface area contributed by atoms with Crippen LogP contribution in [-0.2, 0) is 11.8 Å². The Bertz CT molecular complexity index is 430. The molecule has 0 saturated heterocycles. The summed E-state index contributed by atoms with van der Waals surface area (Å²) in [6, 6.07) is 9.86. The van der Waals surface area contributed by atoms with Crippen LogP contribution in [0.2, 0.25) is 0 Å². The van der Waals surface area contributed by atoms with Gasteiger partial charge in [0.2, 0.25) is 0 Å². The molecule has 2 rings (SSSR count). The third kappa shape index (κ3) is 3.32. The van der Waals surface area contributed by atoms with E-state index in [4.69, 9.17) is 4.74 Å². The van der Waals surface area contributed by atoms with Crippen LogP contribution in [0.15, 0.2) is 36.5 Å². The van der Waals surface area contributed by atoms with Crippen LogP contribution in [0.3, 0.4) is 0 Å². The molecule has 0 bridgehead atoms. The standard InChI is InChI=1S/C12H12BrNOS/c13-8-11-9-14-12(16-11)6-7-15-10-4-2-1-3-5-10/h1-5,9H,6-8H2. The van der Waals surface area contributed by atoms with Crippen molar-refractivity contribution in [3.63, 3.8) is 0 Å². The first-order valence-electron chi connectivity index (χ1n) is 5.06. The van der Waals surface area contributed by atoms with Gasteiger partial charge in [-0.3, -0.25) is 0 Å². The van der Waals surface area contributed by atoms with Crippen molar-refractivity contribution in [1.29, 1.82) is 0 Å². The van der Waals surface area contributed by atoms with Gasteiger partial charge in [-0.25, -0.2) is 4.98 Å². The molecule has 2 nitrogen and oxygen atoms in total. The van der Waals surface area contributed by atoms with Gasteiger partial charge < -0.3 is 4.74 Å². The first-order chi connectivity index (χ1) is 7.88. The lowest BCUT2D eigenvalue weighted by atomic mass is 10.3. The Morgan fingerprint density at radius 2 is 2.06 bits per heavy atom. The van der Waals surface area contributed by atoms with E-state index in [1.54, 1.807) is 11.3 Å². The van der Waals surface area contributed by atoms with Crippen LogP contribution in [0.25, 0.3) is 0 Å². The number of benzene rings is 1. The number of thiazole rings is 1. The van der Waals surface area contributed by atoms with Crippen molar-refractivity contribution in [2.75, 3.05) is 6.61 Å². The highest BCUT2D eigenvalue weighted by atomic mass is 79.9. The van der Waals surface area contributed by atoms with Gasteiger partial charge in [-0.15, -0.1) is 11.3 Å². The van der Waals surface area contributed by atoms with Gasteiger partial charge in [0.05, 0.1) is 11.6 Å². The fourth-order valence-corrected chi connectivity index (χ4v) is 2.54. The molecule has 0 aliphatic rings. The van der Waals surface area contributed by atoms with Crippen LogP contribution >= 0.6 is 27.3 Å². The first-order valence-corrected chi connectivity index (χ1v) is 6.99. The van der Waals surface area contributed by atoms with Crippen LogP contribution in [0.4, 0.5) is 0 Å². The third-order valence-electron chi connectivity index (χ3n) is 2.06. The summed E-state index contributed by atoms with van der Waals surface area (Å²) >= 11 is 5.14. The smallest absolute Gasteiger partial charge is 0.119 e. The van der Waals surface area contributed by atoms with Crippen LogP contribution < -0.4 is 4.74 Å². The lowest BCUT2D eigenvalue weighted by Gasteiger charge is -2.03. The Balaban J connectivity index is 1.80. The molecular weight excluding hydrogens is 286 g/mol. The number of ether oxygens (including phenoxy) is 1. The zero-order chi connectivity index (χ0) is 11.2. The Morgan fingerprint density at radius 1 is 1.25 bits per heavy atom. The molecule has 2 aromatic rings. The van der Waals surface area contributed by atoms with E-state index in [9.17, 15) is 0 Å². The van der Waals surface area contributed by atoms with Crippen molar-refractivity contribution in [3.8, 4) is 5.75 Å². The Labute approximate surface area is 107 Å². The lowest BCUT2D eigenvalue weighted by Crippen LogP contribution is -2.00. The lowest BCUT2D eigenvalue weighted by molar-refractivity contribution is 0.322. The first kappa shape index (κ1) is 11.6. The molecule has 0 unspecified atom stereocenters. The molecule has 1 aromatic heterocycles. The van der Waals surface area contributed by atoms with E-state index in [1.807, 2.05) is 36.5 Å². The second-order valence-corrected chi connectivity index (χ2v) is 5.03. The predicted molar refractivity (Wildman–Crippen MR) is 70.4 cm³/mol. The van der Waals surface area contributed by atoms with Crippen LogP contribution in [-0.4, -0.2) is 11.6 Å². The summed E-state index contributed by atoms with van der Waals surface area (Å²) in [6.45, 7) is 0.680. The fourth-order valence-electron chi connectivity index (χ4n) is 1.30. The molecule has 0 aliphatic carbocycles. The van der Waals surface area contributed by atoms with E-state index in [0.29, 0.717) is 6.61 Å². The van der Waals surface area contributed by atoms with Gasteiger partial charge in [0.25, 0.3) is 0 Å². The van der Waals surface area contributed by atoms with Gasteiger partial charge in [0.1, 0.15) is 5.75 Å². The number of alkyl halides is 1. The van der Waals surface area contributed by atoms with Crippen molar-refractivity contribution in [2.45, 2.75) is 11.8 Å². The second-order valence-electron chi connectivity index (χ2n) is 3.27. The SMILES string of the molecule is BrCc1cnc(CCOc2ccccc2)s1. The van der Waals surface area contributed by atoms with Gasteiger partial charge in [0.15, 0.2) is 0 Å². The maximum Gasteiger partial charge on any atom is 0.119 e. The molecule has 0 aliphatic heterocycles. The third-order valence-corrected chi connectivity index (χ3v) is 4.09. The molecule has 0 atom stereocenters. The van der Waals surface area contributed by atoms with Crippen molar-refractivity contribution >= 4 is 27.3 Å². The molecule has 16 heavy (non-hydrogen) atoms. The van der Waals surface area contributed by atoms with Crippen LogP contribution in [0, 0.1) is 0 Å². The largest absolute Gasteiger partial charge is 0.493 e. The number of hydrogen-bond acceptors (Lipinski definition) is 3. The Hall–Kier alpha value is -0.870. The summed E-state index contributed by atoms with van der Waals surface area (Å²) in [7, 11) is 0. The highest BCUT2D eigenvalue weighted by molar-refractivity contribution is 9.08. The zero-order valence-corrected chi connectivity index (χ0v) is 11.1. The van der Waals surface area contributed by atoms with Crippen molar-refractivity contribution in [1.82, 2.24) is 4.98 Å². The van der Waals surface area contributed by atoms with E-state index < -0.39 is 0 Å². The molecule has 0 N–H and O–H groups in total. The summed E-state index contributed by atoms with van der Waals surface area (Å²) in [6.07, 6.45) is 2.78.